The number of benzene rings is 2. The molecule has 0 aliphatic carbocycles. The zero-order valence-electron chi connectivity index (χ0n) is 25.6. The number of ether oxygens (including phenoxy) is 2. The second kappa shape index (κ2) is 17.5. The van der Waals surface area contributed by atoms with Crippen molar-refractivity contribution in [2.45, 2.75) is 90.7 Å². The number of hydrogen-bond acceptors (Lipinski definition) is 5. The highest BCUT2D eigenvalue weighted by Crippen LogP contribution is 2.48. The number of rotatable bonds is 6. The molecular formula is C30H42F7NO3S. The molecular weight excluding hydrogens is 587 g/mol. The molecule has 0 N–H and O–H groups in total. The quantitative estimate of drug-likeness (QED) is 0.235. The molecule has 240 valence electrons. The topological polar surface area (TPSA) is 38.8 Å². The molecule has 0 spiro atoms. The third-order valence-corrected chi connectivity index (χ3v) is 6.65. The van der Waals surface area contributed by atoms with Gasteiger partial charge in [0.1, 0.15) is 18.2 Å². The van der Waals surface area contributed by atoms with Crippen LogP contribution >= 0.6 is 11.8 Å². The monoisotopic (exact) mass is 629 g/mol. The first-order chi connectivity index (χ1) is 19.5. The highest BCUT2D eigenvalue weighted by Gasteiger charge is 2.38. The van der Waals surface area contributed by atoms with Crippen LogP contribution in [0.25, 0.3) is 0 Å². The summed E-state index contributed by atoms with van der Waals surface area (Å²) in [6, 6.07) is 7.29. The molecule has 0 amide bonds. The predicted octanol–water partition coefficient (Wildman–Crippen LogP) is 10.5. The Morgan fingerprint density at radius 2 is 1.52 bits per heavy atom. The van der Waals surface area contributed by atoms with Gasteiger partial charge in [0.15, 0.2) is 5.50 Å². The van der Waals surface area contributed by atoms with E-state index in [0.717, 1.165) is 30.8 Å². The molecule has 42 heavy (non-hydrogen) atoms. The van der Waals surface area contributed by atoms with E-state index in [9.17, 15) is 35.5 Å². The van der Waals surface area contributed by atoms with Crippen molar-refractivity contribution < 1.29 is 45.0 Å². The van der Waals surface area contributed by atoms with E-state index in [2.05, 4.69) is 4.74 Å². The Bertz CT molecular complexity index is 1090. The van der Waals surface area contributed by atoms with Crippen LogP contribution in [0, 0.1) is 11.2 Å². The van der Waals surface area contributed by atoms with Gasteiger partial charge in [-0.15, -0.1) is 0 Å². The van der Waals surface area contributed by atoms with Gasteiger partial charge >= 0.3 is 12.1 Å². The van der Waals surface area contributed by atoms with Crippen molar-refractivity contribution in [3.05, 3.63) is 47.8 Å². The maximum absolute atomic E-state index is 14.4. The number of fused-ring (bicyclic) bond motifs is 1. The Hall–Kier alpha value is -2.63. The molecule has 4 nitrogen and oxygen atoms in total. The number of hydrogen-bond donors (Lipinski definition) is 0. The Kier molecular flexibility index (Phi) is 16.4. The van der Waals surface area contributed by atoms with Crippen LogP contribution < -0.4 is 9.64 Å². The molecule has 2 aromatic rings. The smallest absolute Gasteiger partial charge is 0.420 e. The summed E-state index contributed by atoms with van der Waals surface area (Å²) in [7, 11) is 1.18. The van der Waals surface area contributed by atoms with E-state index >= 15 is 0 Å². The van der Waals surface area contributed by atoms with Crippen molar-refractivity contribution in [2.24, 2.45) is 5.41 Å². The van der Waals surface area contributed by atoms with Crippen molar-refractivity contribution in [1.29, 1.82) is 0 Å². The summed E-state index contributed by atoms with van der Waals surface area (Å²) in [5.74, 6) is -4.09. The van der Waals surface area contributed by atoms with Crippen LogP contribution in [0.5, 0.6) is 5.75 Å². The second-order valence-corrected chi connectivity index (χ2v) is 10.5. The molecule has 1 atom stereocenters. The second-order valence-electron chi connectivity index (χ2n) is 9.35. The van der Waals surface area contributed by atoms with Crippen molar-refractivity contribution in [2.75, 3.05) is 25.2 Å². The Morgan fingerprint density at radius 1 is 1.00 bits per heavy atom. The minimum absolute atomic E-state index is 0.0592. The first kappa shape index (κ1) is 39.4. The number of thioether (sulfide) groups is 1. The van der Waals surface area contributed by atoms with Gasteiger partial charge in [-0.1, -0.05) is 46.4 Å². The maximum Gasteiger partial charge on any atom is 0.420 e. The van der Waals surface area contributed by atoms with Crippen LogP contribution in [0.4, 0.5) is 42.1 Å². The van der Waals surface area contributed by atoms with Gasteiger partial charge in [0.2, 0.25) is 5.92 Å². The van der Waals surface area contributed by atoms with Crippen LogP contribution in [0.15, 0.2) is 41.3 Å². The molecule has 12 heteroatoms. The van der Waals surface area contributed by atoms with Gasteiger partial charge in [0.25, 0.3) is 0 Å². The Labute approximate surface area is 248 Å². The zero-order chi connectivity index (χ0) is 32.9. The van der Waals surface area contributed by atoms with Crippen LogP contribution in [-0.4, -0.2) is 37.7 Å². The van der Waals surface area contributed by atoms with E-state index in [0.29, 0.717) is 5.69 Å². The molecule has 0 radical (unpaired) electrons. The predicted molar refractivity (Wildman–Crippen MR) is 155 cm³/mol. The highest BCUT2D eigenvalue weighted by molar-refractivity contribution is 8.00. The van der Waals surface area contributed by atoms with Crippen molar-refractivity contribution in [3.63, 3.8) is 0 Å². The van der Waals surface area contributed by atoms with Gasteiger partial charge in [-0.25, -0.2) is 17.6 Å². The van der Waals surface area contributed by atoms with Crippen LogP contribution in [0.3, 0.4) is 0 Å². The highest BCUT2D eigenvalue weighted by atomic mass is 32.2. The normalized spacial score (nSPS) is 14.9. The number of carbonyl (C=O) groups excluding carboxylic acids is 1. The van der Waals surface area contributed by atoms with E-state index in [1.807, 2.05) is 27.7 Å². The minimum Gasteiger partial charge on any atom is -0.492 e. The largest absolute Gasteiger partial charge is 0.492 e. The number of methoxy groups -OCH3 is 1. The summed E-state index contributed by atoms with van der Waals surface area (Å²) in [5, 5.41) is 0. The van der Waals surface area contributed by atoms with Gasteiger partial charge in [-0.2, -0.15) is 13.2 Å². The fraction of sp³-hybridized carbons (Fsp3) is 0.567. The first-order valence-corrected chi connectivity index (χ1v) is 14.5. The first-order valence-electron chi connectivity index (χ1n) is 13.7. The molecule has 1 aliphatic heterocycles. The average molecular weight is 630 g/mol. The Balaban J connectivity index is 0.00000147. The number of esters is 1. The van der Waals surface area contributed by atoms with Gasteiger partial charge < -0.3 is 14.4 Å². The molecule has 0 aromatic heterocycles. The molecule has 0 fully saturated rings. The fourth-order valence-corrected chi connectivity index (χ4v) is 4.19. The molecule has 1 unspecified atom stereocenters. The lowest BCUT2D eigenvalue weighted by Crippen LogP contribution is -2.32. The van der Waals surface area contributed by atoms with Crippen LogP contribution in [0.2, 0.25) is 0 Å². The maximum atomic E-state index is 14.4. The van der Waals surface area contributed by atoms with Gasteiger partial charge in [-0.3, -0.25) is 4.79 Å². The van der Waals surface area contributed by atoms with E-state index in [-0.39, 0.29) is 36.6 Å². The molecule has 0 saturated heterocycles. The SMILES string of the molecule is CC.CC.CCC(C)(F)F.COC(=O)C(C)(C)COc1cc2c(cc1C(F)(F)F)N(c1ccc(F)cc1)CCC(F)S2. The number of halogens is 7. The van der Waals surface area contributed by atoms with E-state index in [4.69, 9.17) is 4.74 Å². The van der Waals surface area contributed by atoms with Crippen molar-refractivity contribution in [1.82, 2.24) is 0 Å². The number of nitrogens with zero attached hydrogens (tertiary/aromatic N) is 1. The lowest BCUT2D eigenvalue weighted by molar-refractivity contribution is -0.152. The van der Waals surface area contributed by atoms with Gasteiger partial charge in [0, 0.05) is 30.0 Å². The summed E-state index contributed by atoms with van der Waals surface area (Å²) in [5.41, 5.74) is -3.01. The minimum atomic E-state index is -4.76. The van der Waals surface area contributed by atoms with Crippen molar-refractivity contribution >= 4 is 29.1 Å². The lowest BCUT2D eigenvalue weighted by atomic mass is 9.95. The third-order valence-electron chi connectivity index (χ3n) is 5.58. The summed E-state index contributed by atoms with van der Waals surface area (Å²) in [6.45, 7) is 13.1. The average Bonchev–Trinajstić information content (AvgIpc) is 3.10. The van der Waals surface area contributed by atoms with Crippen molar-refractivity contribution in [3.8, 4) is 5.75 Å². The molecule has 0 saturated carbocycles. The molecule has 0 bridgehead atoms. The summed E-state index contributed by atoms with van der Waals surface area (Å²) < 4.78 is 102. The standard InChI is InChI=1S/C22H22F5NO3S.C4H8F2.2C2H6/c1-21(2,20(29)30-3)12-31-17-11-18-16(10-15(17)22(25,26)27)28(9-8-19(24)32-18)14-6-4-13(23)5-7-14;1-3-4(2,5)6;2*1-2/h4-7,10-11,19H,8-9,12H2,1-3H3;3H2,1-2H3;2*1-2H3. The summed E-state index contributed by atoms with van der Waals surface area (Å²) >= 11 is 0.791. The Morgan fingerprint density at radius 3 is 1.98 bits per heavy atom. The fourth-order valence-electron chi connectivity index (χ4n) is 3.23. The molecule has 2 aromatic carbocycles. The zero-order valence-corrected chi connectivity index (χ0v) is 26.4. The molecule has 3 rings (SSSR count). The number of carbonyl (C=O) groups is 1. The van der Waals surface area contributed by atoms with Crippen LogP contribution in [-0.2, 0) is 15.7 Å². The lowest BCUT2D eigenvalue weighted by Gasteiger charge is -2.27. The molecule has 1 heterocycles. The van der Waals surface area contributed by atoms with E-state index < -0.39 is 46.1 Å². The van der Waals surface area contributed by atoms with Crippen LogP contribution in [0.1, 0.15) is 73.8 Å². The number of anilines is 2. The number of alkyl halides is 6. The molecule has 1 aliphatic rings. The van der Waals surface area contributed by atoms with E-state index in [1.54, 1.807) is 0 Å². The van der Waals surface area contributed by atoms with Gasteiger partial charge in [0.05, 0.1) is 23.8 Å². The van der Waals surface area contributed by atoms with E-state index in [1.165, 1.54) is 57.0 Å². The summed E-state index contributed by atoms with van der Waals surface area (Å²) in [6.07, 6.45) is -4.77. The summed E-state index contributed by atoms with van der Waals surface area (Å²) in [4.78, 5) is 13.6. The third kappa shape index (κ3) is 12.3. The van der Waals surface area contributed by atoms with Gasteiger partial charge in [-0.05, 0) is 57.2 Å².